The first-order chi connectivity index (χ1) is 9.23. The molecule has 0 aliphatic rings. The normalized spacial score (nSPS) is 14.7. The van der Waals surface area contributed by atoms with E-state index in [1.807, 2.05) is 27.7 Å². The third-order valence-corrected chi connectivity index (χ3v) is 3.28. The van der Waals surface area contributed by atoms with Crippen molar-refractivity contribution in [2.45, 2.75) is 65.6 Å². The molecule has 1 amide bonds. The van der Waals surface area contributed by atoms with Gasteiger partial charge in [0.25, 0.3) is 0 Å². The van der Waals surface area contributed by atoms with Crippen molar-refractivity contribution in [3.63, 3.8) is 0 Å². The first kappa shape index (κ1) is 16.7. The van der Waals surface area contributed by atoms with Crippen LogP contribution in [0.3, 0.4) is 0 Å². The second-order valence-electron chi connectivity index (χ2n) is 6.44. The van der Waals surface area contributed by atoms with Gasteiger partial charge in [0.05, 0.1) is 6.04 Å². The van der Waals surface area contributed by atoms with Crippen LogP contribution >= 0.6 is 0 Å². The zero-order valence-corrected chi connectivity index (χ0v) is 13.6. The van der Waals surface area contributed by atoms with Crippen molar-refractivity contribution >= 4 is 5.91 Å². The van der Waals surface area contributed by atoms with E-state index in [-0.39, 0.29) is 23.5 Å². The Balaban J connectivity index is 2.60. The number of carbonyl (C=O) groups is 1. The van der Waals surface area contributed by atoms with E-state index in [4.69, 9.17) is 0 Å². The molecule has 2 atom stereocenters. The minimum absolute atomic E-state index is 0.0366. The maximum Gasteiger partial charge on any atom is 0.237 e. The third kappa shape index (κ3) is 5.33. The van der Waals surface area contributed by atoms with Gasteiger partial charge in [0.1, 0.15) is 0 Å². The maximum absolute atomic E-state index is 12.1. The lowest BCUT2D eigenvalue weighted by molar-refractivity contribution is -0.124. The van der Waals surface area contributed by atoms with Gasteiger partial charge >= 0.3 is 0 Å². The number of aryl methyl sites for hydroxylation is 1. The SMILES string of the molecule is CCc1ccc(C(C)NC(C)C(=O)NC(C)(C)C)cc1. The molecular weight excluding hydrogens is 248 g/mol. The molecule has 3 nitrogen and oxygen atoms in total. The Morgan fingerprint density at radius 1 is 1.15 bits per heavy atom. The molecule has 0 heterocycles. The summed E-state index contributed by atoms with van der Waals surface area (Å²) in [5, 5.41) is 6.34. The van der Waals surface area contributed by atoms with Gasteiger partial charge in [-0.2, -0.15) is 0 Å². The first-order valence-corrected chi connectivity index (χ1v) is 7.40. The van der Waals surface area contributed by atoms with Gasteiger partial charge in [0, 0.05) is 11.6 Å². The van der Waals surface area contributed by atoms with Crippen molar-refractivity contribution in [3.05, 3.63) is 35.4 Å². The van der Waals surface area contributed by atoms with E-state index >= 15 is 0 Å². The molecule has 1 aromatic carbocycles. The molecule has 2 unspecified atom stereocenters. The van der Waals surface area contributed by atoms with E-state index < -0.39 is 0 Å². The summed E-state index contributed by atoms with van der Waals surface area (Å²) in [7, 11) is 0. The zero-order chi connectivity index (χ0) is 15.3. The molecular formula is C17H28N2O. The summed E-state index contributed by atoms with van der Waals surface area (Å²) >= 11 is 0. The smallest absolute Gasteiger partial charge is 0.237 e. The molecule has 20 heavy (non-hydrogen) atoms. The van der Waals surface area contributed by atoms with Crippen molar-refractivity contribution in [2.24, 2.45) is 0 Å². The minimum Gasteiger partial charge on any atom is -0.350 e. The van der Waals surface area contributed by atoms with Crippen LogP contribution in [0, 0.1) is 0 Å². The number of rotatable bonds is 5. The molecule has 0 saturated heterocycles. The van der Waals surface area contributed by atoms with Crippen molar-refractivity contribution in [1.29, 1.82) is 0 Å². The summed E-state index contributed by atoms with van der Waals surface area (Å²) in [4.78, 5) is 12.1. The standard InChI is InChI=1S/C17H28N2O/c1-7-14-8-10-15(11-9-14)12(2)18-13(3)16(20)19-17(4,5)6/h8-13,18H,7H2,1-6H3,(H,19,20). The van der Waals surface area contributed by atoms with Crippen LogP contribution in [0.4, 0.5) is 0 Å². The Morgan fingerprint density at radius 2 is 1.70 bits per heavy atom. The van der Waals surface area contributed by atoms with Gasteiger partial charge in [-0.1, -0.05) is 31.2 Å². The van der Waals surface area contributed by atoms with Gasteiger partial charge in [0.15, 0.2) is 0 Å². The van der Waals surface area contributed by atoms with Crippen LogP contribution in [0.1, 0.15) is 58.7 Å². The predicted octanol–water partition coefficient (Wildman–Crippen LogP) is 3.20. The highest BCUT2D eigenvalue weighted by Gasteiger charge is 2.20. The van der Waals surface area contributed by atoms with E-state index in [0.717, 1.165) is 6.42 Å². The minimum atomic E-state index is -0.213. The molecule has 2 N–H and O–H groups in total. The fourth-order valence-electron chi connectivity index (χ4n) is 2.07. The highest BCUT2D eigenvalue weighted by Crippen LogP contribution is 2.14. The molecule has 0 radical (unpaired) electrons. The fraction of sp³-hybridized carbons (Fsp3) is 0.588. The summed E-state index contributed by atoms with van der Waals surface area (Å²) in [5.74, 6) is 0.0366. The highest BCUT2D eigenvalue weighted by atomic mass is 16.2. The molecule has 0 aromatic heterocycles. The van der Waals surface area contributed by atoms with Crippen LogP contribution < -0.4 is 10.6 Å². The Kier molecular flexibility index (Phi) is 5.75. The summed E-state index contributed by atoms with van der Waals surface area (Å²) in [6.45, 7) is 12.1. The van der Waals surface area contributed by atoms with Crippen LogP contribution in [0.25, 0.3) is 0 Å². The molecule has 1 aromatic rings. The quantitative estimate of drug-likeness (QED) is 0.867. The summed E-state index contributed by atoms with van der Waals surface area (Å²) in [6.07, 6.45) is 1.05. The number of nitrogens with one attached hydrogen (secondary N) is 2. The van der Waals surface area contributed by atoms with Gasteiger partial charge in [-0.15, -0.1) is 0 Å². The van der Waals surface area contributed by atoms with Crippen LogP contribution in [0.5, 0.6) is 0 Å². The summed E-state index contributed by atoms with van der Waals surface area (Å²) in [5.41, 5.74) is 2.34. The van der Waals surface area contributed by atoms with Crippen molar-refractivity contribution < 1.29 is 4.79 Å². The Morgan fingerprint density at radius 3 is 2.15 bits per heavy atom. The van der Waals surface area contributed by atoms with Gasteiger partial charge in [-0.25, -0.2) is 0 Å². The monoisotopic (exact) mass is 276 g/mol. The van der Waals surface area contributed by atoms with E-state index in [1.54, 1.807) is 0 Å². The number of amides is 1. The Hall–Kier alpha value is -1.35. The Labute approximate surface area is 123 Å². The molecule has 3 heteroatoms. The molecule has 112 valence electrons. The molecule has 1 rings (SSSR count). The molecule has 0 spiro atoms. The van der Waals surface area contributed by atoms with Crippen molar-refractivity contribution in [1.82, 2.24) is 10.6 Å². The second-order valence-corrected chi connectivity index (χ2v) is 6.44. The maximum atomic E-state index is 12.1. The third-order valence-electron chi connectivity index (χ3n) is 3.28. The molecule has 0 aliphatic heterocycles. The fourth-order valence-corrected chi connectivity index (χ4v) is 2.07. The molecule has 0 aliphatic carbocycles. The number of carbonyl (C=O) groups excluding carboxylic acids is 1. The molecule has 0 saturated carbocycles. The lowest BCUT2D eigenvalue weighted by Crippen LogP contribution is -2.49. The number of hydrogen-bond donors (Lipinski definition) is 2. The number of benzene rings is 1. The van der Waals surface area contributed by atoms with Crippen molar-refractivity contribution in [2.75, 3.05) is 0 Å². The average molecular weight is 276 g/mol. The molecule has 0 fully saturated rings. The van der Waals surface area contributed by atoms with Crippen LogP contribution in [0.15, 0.2) is 24.3 Å². The van der Waals surface area contributed by atoms with Crippen LogP contribution in [-0.4, -0.2) is 17.5 Å². The van der Waals surface area contributed by atoms with E-state index in [1.165, 1.54) is 11.1 Å². The van der Waals surface area contributed by atoms with Crippen molar-refractivity contribution in [3.8, 4) is 0 Å². The summed E-state index contributed by atoms with van der Waals surface area (Å²) in [6, 6.07) is 8.49. The number of hydrogen-bond acceptors (Lipinski definition) is 2. The Bertz CT molecular complexity index is 431. The highest BCUT2D eigenvalue weighted by molar-refractivity contribution is 5.81. The van der Waals surface area contributed by atoms with Gasteiger partial charge in [-0.05, 0) is 52.2 Å². The lowest BCUT2D eigenvalue weighted by Gasteiger charge is -2.25. The molecule has 0 bridgehead atoms. The van der Waals surface area contributed by atoms with Gasteiger partial charge in [0.2, 0.25) is 5.91 Å². The summed E-state index contributed by atoms with van der Waals surface area (Å²) < 4.78 is 0. The van der Waals surface area contributed by atoms with E-state index in [2.05, 4.69) is 48.7 Å². The second kappa shape index (κ2) is 6.89. The van der Waals surface area contributed by atoms with Gasteiger partial charge in [-0.3, -0.25) is 10.1 Å². The topological polar surface area (TPSA) is 41.1 Å². The van der Waals surface area contributed by atoms with Crippen LogP contribution in [0.2, 0.25) is 0 Å². The largest absolute Gasteiger partial charge is 0.350 e. The van der Waals surface area contributed by atoms with Crippen LogP contribution in [-0.2, 0) is 11.2 Å². The average Bonchev–Trinajstić information content (AvgIpc) is 2.36. The predicted molar refractivity (Wildman–Crippen MR) is 84.7 cm³/mol. The van der Waals surface area contributed by atoms with Gasteiger partial charge < -0.3 is 5.32 Å². The van der Waals surface area contributed by atoms with E-state index in [9.17, 15) is 4.79 Å². The van der Waals surface area contributed by atoms with E-state index in [0.29, 0.717) is 0 Å². The lowest BCUT2D eigenvalue weighted by atomic mass is 10.0. The first-order valence-electron chi connectivity index (χ1n) is 7.40. The zero-order valence-electron chi connectivity index (χ0n) is 13.6.